The van der Waals surface area contributed by atoms with Crippen LogP contribution in [-0.4, -0.2) is 29.0 Å². The molecule has 20 heavy (non-hydrogen) atoms. The molecule has 0 spiro atoms. The number of ether oxygens (including phenoxy) is 1. The summed E-state index contributed by atoms with van der Waals surface area (Å²) in [6.07, 6.45) is 9.92. The molecular formula is C16H24NO3. The standard InChI is InChI=1S/C16H24NO3/c1-3-4-12-20-16(2,13-8-6-5-7-9-13)17-14(18)10-11-15(17)19/h10-11,13H,2-9,12H2,1H3. The van der Waals surface area contributed by atoms with Crippen molar-refractivity contribution in [2.75, 3.05) is 6.61 Å². The second kappa shape index (κ2) is 6.53. The average molecular weight is 278 g/mol. The summed E-state index contributed by atoms with van der Waals surface area (Å²) in [4.78, 5) is 25.2. The second-order valence-corrected chi connectivity index (χ2v) is 5.73. The highest BCUT2D eigenvalue weighted by atomic mass is 16.5. The Hall–Kier alpha value is -1.16. The van der Waals surface area contributed by atoms with Gasteiger partial charge in [-0.25, -0.2) is 4.90 Å². The number of hydrogen-bond donors (Lipinski definition) is 0. The number of amides is 2. The first-order chi connectivity index (χ1) is 9.59. The molecule has 0 bridgehead atoms. The quantitative estimate of drug-likeness (QED) is 0.554. The summed E-state index contributed by atoms with van der Waals surface area (Å²) in [7, 11) is 0. The molecule has 1 saturated carbocycles. The van der Waals surface area contributed by atoms with E-state index >= 15 is 0 Å². The minimum Gasteiger partial charge on any atom is -0.355 e. The minimum atomic E-state index is -1.03. The maximum atomic E-state index is 12.0. The van der Waals surface area contributed by atoms with Crippen LogP contribution < -0.4 is 0 Å². The van der Waals surface area contributed by atoms with Crippen LogP contribution in [0.15, 0.2) is 12.2 Å². The van der Waals surface area contributed by atoms with Crippen molar-refractivity contribution < 1.29 is 14.3 Å². The van der Waals surface area contributed by atoms with E-state index in [1.807, 2.05) is 0 Å². The molecule has 0 aromatic heterocycles. The molecule has 0 saturated heterocycles. The number of imide groups is 1. The predicted octanol–water partition coefficient (Wildman–Crippen LogP) is 2.84. The number of nitrogens with zero attached hydrogens (tertiary/aromatic N) is 1. The molecule has 1 atom stereocenters. The van der Waals surface area contributed by atoms with Gasteiger partial charge in [-0.15, -0.1) is 0 Å². The fourth-order valence-electron chi connectivity index (χ4n) is 3.09. The highest BCUT2D eigenvalue weighted by Crippen LogP contribution is 2.38. The van der Waals surface area contributed by atoms with Gasteiger partial charge < -0.3 is 4.74 Å². The first-order valence-corrected chi connectivity index (χ1v) is 7.65. The molecule has 1 aliphatic carbocycles. The number of hydrogen-bond acceptors (Lipinski definition) is 3. The van der Waals surface area contributed by atoms with Gasteiger partial charge in [-0.05, 0) is 19.3 Å². The summed E-state index contributed by atoms with van der Waals surface area (Å²) in [5.41, 5.74) is -1.03. The molecule has 1 fully saturated rings. The zero-order chi connectivity index (χ0) is 14.6. The fourth-order valence-corrected chi connectivity index (χ4v) is 3.09. The van der Waals surface area contributed by atoms with E-state index in [1.165, 1.54) is 23.5 Å². The van der Waals surface area contributed by atoms with Gasteiger partial charge in [0.2, 0.25) is 0 Å². The molecule has 111 valence electrons. The van der Waals surface area contributed by atoms with E-state index in [0.717, 1.165) is 38.5 Å². The van der Waals surface area contributed by atoms with E-state index in [-0.39, 0.29) is 17.7 Å². The smallest absolute Gasteiger partial charge is 0.256 e. The molecule has 2 rings (SSSR count). The minimum absolute atomic E-state index is 0.140. The fraction of sp³-hybridized carbons (Fsp3) is 0.688. The zero-order valence-corrected chi connectivity index (χ0v) is 12.3. The van der Waals surface area contributed by atoms with E-state index in [4.69, 9.17) is 4.74 Å². The van der Waals surface area contributed by atoms with Crippen molar-refractivity contribution in [3.05, 3.63) is 19.1 Å². The topological polar surface area (TPSA) is 46.6 Å². The Morgan fingerprint density at radius 3 is 2.40 bits per heavy atom. The van der Waals surface area contributed by atoms with Gasteiger partial charge in [0.05, 0.1) is 0 Å². The largest absolute Gasteiger partial charge is 0.355 e. The number of carbonyl (C=O) groups is 2. The molecule has 0 N–H and O–H groups in total. The third-order valence-electron chi connectivity index (χ3n) is 4.28. The number of rotatable bonds is 6. The van der Waals surface area contributed by atoms with Crippen molar-refractivity contribution >= 4 is 11.8 Å². The molecular weight excluding hydrogens is 254 g/mol. The van der Waals surface area contributed by atoms with Gasteiger partial charge >= 0.3 is 0 Å². The van der Waals surface area contributed by atoms with Crippen LogP contribution in [0.5, 0.6) is 0 Å². The van der Waals surface area contributed by atoms with E-state index < -0.39 is 5.72 Å². The third-order valence-corrected chi connectivity index (χ3v) is 4.28. The highest BCUT2D eigenvalue weighted by Gasteiger charge is 2.47. The lowest BCUT2D eigenvalue weighted by Crippen LogP contribution is -2.57. The van der Waals surface area contributed by atoms with Crippen molar-refractivity contribution in [2.24, 2.45) is 5.92 Å². The zero-order valence-electron chi connectivity index (χ0n) is 12.3. The van der Waals surface area contributed by atoms with Gasteiger partial charge in [0.25, 0.3) is 11.8 Å². The first-order valence-electron chi connectivity index (χ1n) is 7.65. The molecule has 4 heteroatoms. The molecule has 2 amide bonds. The predicted molar refractivity (Wildman–Crippen MR) is 76.5 cm³/mol. The lowest BCUT2D eigenvalue weighted by Gasteiger charge is -2.44. The van der Waals surface area contributed by atoms with Crippen molar-refractivity contribution in [3.63, 3.8) is 0 Å². The summed E-state index contributed by atoms with van der Waals surface area (Å²) < 4.78 is 5.97. The summed E-state index contributed by atoms with van der Waals surface area (Å²) in [6.45, 7) is 6.79. The van der Waals surface area contributed by atoms with Crippen LogP contribution in [0.4, 0.5) is 0 Å². The van der Waals surface area contributed by atoms with Crippen LogP contribution in [0.2, 0.25) is 0 Å². The Labute approximate surface area is 121 Å². The van der Waals surface area contributed by atoms with Crippen LogP contribution >= 0.6 is 0 Å². The number of unbranched alkanes of at least 4 members (excludes halogenated alkanes) is 1. The van der Waals surface area contributed by atoms with Gasteiger partial charge in [0.1, 0.15) is 0 Å². The normalized spacial score (nSPS) is 23.4. The summed E-state index contributed by atoms with van der Waals surface area (Å²) in [5, 5.41) is 0. The molecule has 4 nitrogen and oxygen atoms in total. The van der Waals surface area contributed by atoms with Crippen LogP contribution in [0.3, 0.4) is 0 Å². The average Bonchev–Trinajstić information content (AvgIpc) is 2.80. The van der Waals surface area contributed by atoms with Crippen LogP contribution in [0.1, 0.15) is 51.9 Å². The van der Waals surface area contributed by atoms with Crippen molar-refractivity contribution in [1.82, 2.24) is 4.90 Å². The van der Waals surface area contributed by atoms with Crippen molar-refractivity contribution in [2.45, 2.75) is 57.6 Å². The van der Waals surface area contributed by atoms with Crippen molar-refractivity contribution in [1.29, 1.82) is 0 Å². The molecule has 0 aromatic carbocycles. The van der Waals surface area contributed by atoms with Gasteiger partial charge in [0.15, 0.2) is 5.72 Å². The Morgan fingerprint density at radius 2 is 1.85 bits per heavy atom. The Balaban J connectivity index is 2.18. The molecule has 1 heterocycles. The summed E-state index contributed by atoms with van der Waals surface area (Å²) >= 11 is 0. The Bertz CT molecular complexity index is 381. The van der Waals surface area contributed by atoms with Gasteiger partial charge in [-0.3, -0.25) is 9.59 Å². The third kappa shape index (κ3) is 2.95. The monoisotopic (exact) mass is 278 g/mol. The molecule has 0 aromatic rings. The van der Waals surface area contributed by atoms with Gasteiger partial charge in [0, 0.05) is 31.6 Å². The maximum Gasteiger partial charge on any atom is 0.256 e. The van der Waals surface area contributed by atoms with Gasteiger partial charge in [-0.2, -0.15) is 0 Å². The summed E-state index contributed by atoms with van der Waals surface area (Å²) in [6, 6.07) is 0. The van der Waals surface area contributed by atoms with E-state index in [1.54, 1.807) is 0 Å². The lowest BCUT2D eigenvalue weighted by molar-refractivity contribution is -0.182. The second-order valence-electron chi connectivity index (χ2n) is 5.73. The first kappa shape index (κ1) is 15.2. The highest BCUT2D eigenvalue weighted by molar-refractivity contribution is 6.13. The van der Waals surface area contributed by atoms with Crippen LogP contribution in [0, 0.1) is 12.8 Å². The van der Waals surface area contributed by atoms with Crippen molar-refractivity contribution in [3.8, 4) is 0 Å². The number of carbonyl (C=O) groups excluding carboxylic acids is 2. The molecule has 1 unspecified atom stereocenters. The summed E-state index contributed by atoms with van der Waals surface area (Å²) in [5.74, 6) is -0.458. The van der Waals surface area contributed by atoms with E-state index in [9.17, 15) is 9.59 Å². The SMILES string of the molecule is [CH2]C(OCCCC)(C1CCCCC1)N1C(=O)C=CC1=O. The van der Waals surface area contributed by atoms with Crippen LogP contribution in [-0.2, 0) is 14.3 Å². The Kier molecular flexibility index (Phi) is 4.97. The maximum absolute atomic E-state index is 12.0. The van der Waals surface area contributed by atoms with Gasteiger partial charge in [-0.1, -0.05) is 32.6 Å². The molecule has 1 radical (unpaired) electrons. The molecule has 1 aliphatic heterocycles. The van der Waals surface area contributed by atoms with E-state index in [2.05, 4.69) is 13.8 Å². The van der Waals surface area contributed by atoms with E-state index in [0.29, 0.717) is 6.61 Å². The van der Waals surface area contributed by atoms with Crippen LogP contribution in [0.25, 0.3) is 0 Å². The Morgan fingerprint density at radius 1 is 1.25 bits per heavy atom. The molecule has 2 aliphatic rings. The lowest BCUT2D eigenvalue weighted by atomic mass is 9.81.